The summed E-state index contributed by atoms with van der Waals surface area (Å²) in [7, 11) is 0. The zero-order chi connectivity index (χ0) is 14.7. The van der Waals surface area contributed by atoms with E-state index in [4.69, 9.17) is 21.1 Å². The van der Waals surface area contributed by atoms with E-state index in [1.54, 1.807) is 0 Å². The molecule has 1 atom stereocenters. The Bertz CT molecular complexity index is 511. The Morgan fingerprint density at radius 3 is 2.67 bits per heavy atom. The van der Waals surface area contributed by atoms with Crippen molar-refractivity contribution in [1.82, 2.24) is 0 Å². The minimum atomic E-state index is -0.355. The molecule has 3 rings (SSSR count). The molecule has 112 valence electrons. The first-order chi connectivity index (χ1) is 10.2. The predicted molar refractivity (Wildman–Crippen MR) is 81.0 cm³/mol. The van der Waals surface area contributed by atoms with Crippen molar-refractivity contribution in [3.05, 3.63) is 34.9 Å². The molecule has 1 aliphatic carbocycles. The number of ether oxygens (including phenoxy) is 2. The topological polar surface area (TPSA) is 42.2 Å². The van der Waals surface area contributed by atoms with Gasteiger partial charge < -0.3 is 9.47 Å². The number of hydrogen-bond donors (Lipinski definition) is 0. The quantitative estimate of drug-likeness (QED) is 0.842. The van der Waals surface area contributed by atoms with E-state index in [0.29, 0.717) is 17.5 Å². The van der Waals surface area contributed by atoms with E-state index in [9.17, 15) is 5.26 Å². The van der Waals surface area contributed by atoms with Crippen LogP contribution in [0.1, 0.15) is 37.7 Å². The molecule has 1 aromatic rings. The number of nitriles is 1. The van der Waals surface area contributed by atoms with Crippen molar-refractivity contribution >= 4 is 11.6 Å². The van der Waals surface area contributed by atoms with Gasteiger partial charge in [-0.25, -0.2) is 0 Å². The second-order valence-electron chi connectivity index (χ2n) is 6.10. The lowest BCUT2D eigenvalue weighted by Crippen LogP contribution is -2.42. The van der Waals surface area contributed by atoms with Crippen molar-refractivity contribution in [2.75, 3.05) is 13.2 Å². The molecule has 0 aromatic heterocycles. The van der Waals surface area contributed by atoms with Gasteiger partial charge in [-0.3, -0.25) is 0 Å². The third-order valence-electron chi connectivity index (χ3n) is 4.54. The summed E-state index contributed by atoms with van der Waals surface area (Å²) in [4.78, 5) is 0. The van der Waals surface area contributed by atoms with Gasteiger partial charge in [0.25, 0.3) is 0 Å². The third kappa shape index (κ3) is 3.23. The van der Waals surface area contributed by atoms with Crippen LogP contribution in [0.3, 0.4) is 0 Å². The number of halogens is 1. The van der Waals surface area contributed by atoms with Crippen LogP contribution in [-0.2, 0) is 14.9 Å². The molecule has 1 saturated heterocycles. The fraction of sp³-hybridized carbons (Fsp3) is 0.588. The van der Waals surface area contributed by atoms with Crippen molar-refractivity contribution in [1.29, 1.82) is 5.26 Å². The van der Waals surface area contributed by atoms with Crippen molar-refractivity contribution in [2.45, 2.75) is 43.8 Å². The largest absolute Gasteiger partial charge is 0.353 e. The lowest BCUT2D eigenvalue weighted by atomic mass is 9.60. The Labute approximate surface area is 130 Å². The summed E-state index contributed by atoms with van der Waals surface area (Å²) in [6, 6.07) is 10.1. The molecule has 0 N–H and O–H groups in total. The first-order valence-corrected chi connectivity index (χ1v) is 8.00. The van der Waals surface area contributed by atoms with Crippen LogP contribution in [-0.4, -0.2) is 19.5 Å². The Kier molecular flexibility index (Phi) is 4.49. The highest BCUT2D eigenvalue weighted by Crippen LogP contribution is 2.47. The molecule has 1 unspecified atom stereocenters. The average Bonchev–Trinajstić information content (AvgIpc) is 2.49. The molecule has 1 aliphatic heterocycles. The van der Waals surface area contributed by atoms with Gasteiger partial charge in [0, 0.05) is 11.6 Å². The molecule has 0 spiro atoms. The van der Waals surface area contributed by atoms with E-state index in [2.05, 4.69) is 6.07 Å². The highest BCUT2D eigenvalue weighted by Gasteiger charge is 2.46. The van der Waals surface area contributed by atoms with Crippen LogP contribution in [0.2, 0.25) is 5.02 Å². The highest BCUT2D eigenvalue weighted by atomic mass is 35.5. The van der Waals surface area contributed by atoms with Gasteiger partial charge >= 0.3 is 0 Å². The Morgan fingerprint density at radius 2 is 2.05 bits per heavy atom. The van der Waals surface area contributed by atoms with E-state index in [1.165, 1.54) is 6.42 Å². The molecule has 21 heavy (non-hydrogen) atoms. The molecule has 1 aromatic carbocycles. The maximum absolute atomic E-state index is 9.55. The molecule has 4 heteroatoms. The number of nitrogens with zero attached hydrogens (tertiary/aromatic N) is 1. The smallest absolute Gasteiger partial charge is 0.157 e. The monoisotopic (exact) mass is 305 g/mol. The fourth-order valence-corrected chi connectivity index (χ4v) is 3.42. The number of rotatable bonds is 4. The molecular formula is C17H20ClNO2. The van der Waals surface area contributed by atoms with Crippen LogP contribution >= 0.6 is 11.6 Å². The van der Waals surface area contributed by atoms with Crippen LogP contribution in [0.15, 0.2) is 24.3 Å². The Morgan fingerprint density at radius 1 is 1.29 bits per heavy atom. The highest BCUT2D eigenvalue weighted by molar-refractivity contribution is 6.30. The first-order valence-electron chi connectivity index (χ1n) is 7.62. The summed E-state index contributed by atoms with van der Waals surface area (Å²) in [6.45, 7) is 1.50. The van der Waals surface area contributed by atoms with Gasteiger partial charge in [-0.2, -0.15) is 5.26 Å². The minimum absolute atomic E-state index is 0.0358. The van der Waals surface area contributed by atoms with Crippen molar-refractivity contribution in [2.24, 2.45) is 5.92 Å². The van der Waals surface area contributed by atoms with Gasteiger partial charge in [-0.15, -0.1) is 0 Å². The molecule has 2 aliphatic rings. The van der Waals surface area contributed by atoms with Crippen LogP contribution in [0.4, 0.5) is 0 Å². The summed E-state index contributed by atoms with van der Waals surface area (Å²) >= 11 is 5.91. The molecule has 0 amide bonds. The van der Waals surface area contributed by atoms with Crippen LogP contribution in [0, 0.1) is 17.2 Å². The second kappa shape index (κ2) is 6.36. The Balaban J connectivity index is 1.52. The van der Waals surface area contributed by atoms with Gasteiger partial charge in [0.05, 0.1) is 18.1 Å². The van der Waals surface area contributed by atoms with Crippen molar-refractivity contribution < 1.29 is 9.47 Å². The Hall–Kier alpha value is -1.08. The SMILES string of the molecule is N#CC1(c2ccc(Cl)cc2)CC(COC2CCCCO2)C1. The molecule has 0 bridgehead atoms. The lowest BCUT2D eigenvalue weighted by molar-refractivity contribution is -0.175. The molecule has 0 radical (unpaired) electrons. The van der Waals surface area contributed by atoms with Crippen LogP contribution in [0.5, 0.6) is 0 Å². The summed E-state index contributed by atoms with van der Waals surface area (Å²) in [5.41, 5.74) is 0.714. The maximum Gasteiger partial charge on any atom is 0.157 e. The van der Waals surface area contributed by atoms with Crippen molar-refractivity contribution in [3.63, 3.8) is 0 Å². The van der Waals surface area contributed by atoms with Gasteiger partial charge in [-0.05, 0) is 55.7 Å². The van der Waals surface area contributed by atoms with Gasteiger partial charge in [-0.1, -0.05) is 23.7 Å². The molecule has 1 heterocycles. The second-order valence-corrected chi connectivity index (χ2v) is 6.54. The van der Waals surface area contributed by atoms with E-state index in [0.717, 1.165) is 37.9 Å². The molecule has 1 saturated carbocycles. The zero-order valence-corrected chi connectivity index (χ0v) is 12.8. The van der Waals surface area contributed by atoms with Crippen LogP contribution in [0.25, 0.3) is 0 Å². The van der Waals surface area contributed by atoms with E-state index in [1.807, 2.05) is 24.3 Å². The van der Waals surface area contributed by atoms with Gasteiger partial charge in [0.15, 0.2) is 6.29 Å². The van der Waals surface area contributed by atoms with Crippen molar-refractivity contribution in [3.8, 4) is 6.07 Å². The molecule has 3 nitrogen and oxygen atoms in total. The summed E-state index contributed by atoms with van der Waals surface area (Å²) in [6.07, 6.45) is 4.99. The number of hydrogen-bond acceptors (Lipinski definition) is 3. The normalized spacial score (nSPS) is 32.2. The number of benzene rings is 1. The predicted octanol–water partition coefficient (Wildman–Crippen LogP) is 4.05. The third-order valence-corrected chi connectivity index (χ3v) is 4.79. The minimum Gasteiger partial charge on any atom is -0.353 e. The fourth-order valence-electron chi connectivity index (χ4n) is 3.29. The average molecular weight is 306 g/mol. The first kappa shape index (κ1) is 14.8. The van der Waals surface area contributed by atoms with Gasteiger partial charge in [0.1, 0.15) is 0 Å². The summed E-state index contributed by atoms with van der Waals surface area (Å²) in [5.74, 6) is 0.450. The van der Waals surface area contributed by atoms with Crippen LogP contribution < -0.4 is 0 Å². The summed E-state index contributed by atoms with van der Waals surface area (Å²) in [5, 5.41) is 10.3. The summed E-state index contributed by atoms with van der Waals surface area (Å²) < 4.78 is 11.4. The lowest BCUT2D eigenvalue weighted by Gasteiger charge is -2.43. The molecular weight excluding hydrogens is 286 g/mol. The maximum atomic E-state index is 9.55. The molecule has 2 fully saturated rings. The standard InChI is InChI=1S/C17H20ClNO2/c18-15-6-4-14(5-7-15)17(12-19)9-13(10-17)11-21-16-3-1-2-8-20-16/h4-7,13,16H,1-3,8-11H2. The zero-order valence-electron chi connectivity index (χ0n) is 12.1. The van der Waals surface area contributed by atoms with E-state index >= 15 is 0 Å². The van der Waals surface area contributed by atoms with Gasteiger partial charge in [0.2, 0.25) is 0 Å². The van der Waals surface area contributed by atoms with E-state index in [-0.39, 0.29) is 11.7 Å². The van der Waals surface area contributed by atoms with E-state index < -0.39 is 0 Å².